The van der Waals surface area contributed by atoms with Gasteiger partial charge in [0.2, 0.25) is 0 Å². The molecule has 0 bridgehead atoms. The number of hydrogen-bond donors (Lipinski definition) is 1. The number of H-pyrrole nitrogens is 1. The highest BCUT2D eigenvalue weighted by atomic mass is 31.0. The van der Waals surface area contributed by atoms with E-state index in [1.54, 1.807) is 12.4 Å². The molecule has 2 aromatic rings. The van der Waals surface area contributed by atoms with E-state index in [9.17, 15) is 4.79 Å². The van der Waals surface area contributed by atoms with Crippen molar-refractivity contribution in [1.82, 2.24) is 9.97 Å². The van der Waals surface area contributed by atoms with E-state index < -0.39 is 0 Å². The summed E-state index contributed by atoms with van der Waals surface area (Å²) in [5.41, 5.74) is 0.349. The fraction of sp³-hybridized carbons (Fsp3) is 0. The molecule has 60 valence electrons. The Morgan fingerprint density at radius 3 is 3.08 bits per heavy atom. The van der Waals surface area contributed by atoms with Crippen molar-refractivity contribution in [1.29, 1.82) is 0 Å². The number of hydrogen-bond acceptors (Lipinski definition) is 2. The summed E-state index contributed by atoms with van der Waals surface area (Å²) in [5, 5.41) is 1.84. The van der Waals surface area contributed by atoms with E-state index in [0.29, 0.717) is 5.52 Å². The average Bonchev–Trinajstić information content (AvgIpc) is 2.12. The molecule has 0 radical (unpaired) electrons. The molecule has 2 aromatic heterocycles. The van der Waals surface area contributed by atoms with Crippen molar-refractivity contribution in [2.24, 2.45) is 0 Å². The van der Waals surface area contributed by atoms with Crippen molar-refractivity contribution in [3.8, 4) is 0 Å². The maximum absolute atomic E-state index is 11.2. The van der Waals surface area contributed by atoms with Crippen LogP contribution in [0.25, 0.3) is 10.9 Å². The molecule has 0 spiro atoms. The number of aromatic amines is 1. The summed E-state index contributed by atoms with van der Waals surface area (Å²) < 4.78 is 0. The molecule has 0 amide bonds. The van der Waals surface area contributed by atoms with Crippen molar-refractivity contribution < 1.29 is 0 Å². The highest BCUT2D eigenvalue weighted by molar-refractivity contribution is 7.28. The Labute approximate surface area is 71.0 Å². The van der Waals surface area contributed by atoms with Crippen molar-refractivity contribution in [3.05, 3.63) is 34.9 Å². The smallest absolute Gasteiger partial charge is 0.274 e. The van der Waals surface area contributed by atoms with Gasteiger partial charge >= 0.3 is 0 Å². The first-order valence-corrected chi connectivity index (χ1v) is 4.08. The van der Waals surface area contributed by atoms with Gasteiger partial charge in [-0.2, -0.15) is 0 Å². The first-order valence-electron chi connectivity index (χ1n) is 3.51. The summed E-state index contributed by atoms with van der Waals surface area (Å²) in [6.07, 6.45) is 3.28. The highest BCUT2D eigenvalue weighted by Crippen LogP contribution is 2.04. The molecule has 1 atom stereocenters. The summed E-state index contributed by atoms with van der Waals surface area (Å²) >= 11 is 0. The number of rotatable bonds is 0. The largest absolute Gasteiger partial charge is 0.327 e. The van der Waals surface area contributed by atoms with Crippen LogP contribution in [0.1, 0.15) is 0 Å². The van der Waals surface area contributed by atoms with Crippen LogP contribution in [-0.2, 0) is 0 Å². The minimum atomic E-state index is -0.142. The average molecular weight is 178 g/mol. The number of aromatic nitrogens is 2. The van der Waals surface area contributed by atoms with Gasteiger partial charge in [0.25, 0.3) is 5.56 Å². The quantitative estimate of drug-likeness (QED) is 0.594. The molecule has 0 aromatic carbocycles. The first-order chi connectivity index (χ1) is 5.79. The lowest BCUT2D eigenvalue weighted by molar-refractivity contribution is 1.25. The Bertz CT molecular complexity index is 478. The molecule has 4 heteroatoms. The minimum absolute atomic E-state index is 0.142. The molecule has 0 aliphatic heterocycles. The normalized spacial score (nSPS) is 10.4. The van der Waals surface area contributed by atoms with Crippen LogP contribution in [0.15, 0.2) is 29.3 Å². The van der Waals surface area contributed by atoms with Gasteiger partial charge in [0.05, 0.1) is 0 Å². The number of pyridine rings is 2. The fourth-order valence-corrected chi connectivity index (χ4v) is 1.42. The minimum Gasteiger partial charge on any atom is -0.327 e. The van der Waals surface area contributed by atoms with E-state index in [1.165, 1.54) is 0 Å². The molecule has 2 heterocycles. The molecule has 0 aliphatic rings. The van der Waals surface area contributed by atoms with Gasteiger partial charge in [0, 0.05) is 17.8 Å². The van der Waals surface area contributed by atoms with E-state index in [1.807, 2.05) is 12.1 Å². The van der Waals surface area contributed by atoms with Crippen LogP contribution in [-0.4, -0.2) is 9.97 Å². The third-order valence-electron chi connectivity index (χ3n) is 1.69. The van der Waals surface area contributed by atoms with Crippen LogP contribution < -0.4 is 10.9 Å². The van der Waals surface area contributed by atoms with Crippen LogP contribution in [0.5, 0.6) is 0 Å². The van der Waals surface area contributed by atoms with E-state index in [2.05, 4.69) is 19.2 Å². The highest BCUT2D eigenvalue weighted by Gasteiger charge is 1.99. The predicted molar refractivity (Wildman–Crippen MR) is 51.7 cm³/mol. The lowest BCUT2D eigenvalue weighted by Gasteiger charge is -1.97. The summed E-state index contributed by atoms with van der Waals surface area (Å²) in [4.78, 5) is 17.8. The second-order valence-electron chi connectivity index (χ2n) is 2.47. The number of fused-ring (bicyclic) bond motifs is 1. The molecule has 0 saturated carbocycles. The fourth-order valence-electron chi connectivity index (χ4n) is 1.11. The monoisotopic (exact) mass is 178 g/mol. The van der Waals surface area contributed by atoms with Crippen LogP contribution in [0.2, 0.25) is 0 Å². The SMILES string of the molecule is O=c1[nH]cc(P)c2cccnc12. The molecule has 1 N–H and O–H groups in total. The van der Waals surface area contributed by atoms with E-state index in [0.717, 1.165) is 10.7 Å². The standard InChI is InChI=1S/C8H7N2OP/c11-8-7-5(2-1-3-9-7)6(12)4-10-8/h1-4H,12H2,(H,10,11). The molecular weight excluding hydrogens is 171 g/mol. The van der Waals surface area contributed by atoms with E-state index >= 15 is 0 Å². The third-order valence-corrected chi connectivity index (χ3v) is 2.17. The summed E-state index contributed by atoms with van der Waals surface area (Å²) in [6, 6.07) is 3.69. The maximum atomic E-state index is 11.2. The zero-order valence-corrected chi connectivity index (χ0v) is 7.40. The lowest BCUT2D eigenvalue weighted by Crippen LogP contribution is -2.12. The Balaban J connectivity index is 3.05. The summed E-state index contributed by atoms with van der Waals surface area (Å²) in [5.74, 6) is 0. The Hall–Kier alpha value is -1.21. The molecule has 2 rings (SSSR count). The van der Waals surface area contributed by atoms with Gasteiger partial charge in [-0.25, -0.2) is 0 Å². The molecular formula is C8H7N2OP. The maximum Gasteiger partial charge on any atom is 0.274 e. The van der Waals surface area contributed by atoms with Crippen molar-refractivity contribution in [2.45, 2.75) is 0 Å². The predicted octanol–water partition coefficient (Wildman–Crippen LogP) is 0.423. The molecule has 1 unspecified atom stereocenters. The number of nitrogens with one attached hydrogen (secondary N) is 1. The zero-order valence-electron chi connectivity index (χ0n) is 6.24. The van der Waals surface area contributed by atoms with Crippen molar-refractivity contribution in [3.63, 3.8) is 0 Å². The summed E-state index contributed by atoms with van der Waals surface area (Å²) in [7, 11) is 2.56. The van der Waals surface area contributed by atoms with Crippen molar-refractivity contribution >= 4 is 25.4 Å². The Kier molecular flexibility index (Phi) is 1.66. The van der Waals surface area contributed by atoms with Crippen LogP contribution >= 0.6 is 9.24 Å². The van der Waals surface area contributed by atoms with Gasteiger partial charge in [-0.05, 0) is 11.4 Å². The second kappa shape index (κ2) is 2.68. The van der Waals surface area contributed by atoms with Gasteiger partial charge in [-0.1, -0.05) is 6.07 Å². The van der Waals surface area contributed by atoms with Gasteiger partial charge < -0.3 is 4.98 Å². The van der Waals surface area contributed by atoms with Crippen LogP contribution in [0.4, 0.5) is 0 Å². The Morgan fingerprint density at radius 1 is 1.50 bits per heavy atom. The molecule has 0 aliphatic carbocycles. The van der Waals surface area contributed by atoms with Crippen LogP contribution in [0.3, 0.4) is 0 Å². The summed E-state index contributed by atoms with van der Waals surface area (Å²) in [6.45, 7) is 0. The zero-order chi connectivity index (χ0) is 8.55. The van der Waals surface area contributed by atoms with Gasteiger partial charge in [0.1, 0.15) is 5.52 Å². The van der Waals surface area contributed by atoms with Gasteiger partial charge in [-0.15, -0.1) is 9.24 Å². The third kappa shape index (κ3) is 1.03. The molecule has 0 fully saturated rings. The Morgan fingerprint density at radius 2 is 2.33 bits per heavy atom. The van der Waals surface area contributed by atoms with Crippen LogP contribution in [0, 0.1) is 0 Å². The first kappa shape index (κ1) is 7.44. The van der Waals surface area contributed by atoms with Gasteiger partial charge in [-0.3, -0.25) is 9.78 Å². The van der Waals surface area contributed by atoms with E-state index in [4.69, 9.17) is 0 Å². The topological polar surface area (TPSA) is 45.8 Å². The lowest BCUT2D eigenvalue weighted by atomic mass is 10.3. The van der Waals surface area contributed by atoms with Gasteiger partial charge in [0.15, 0.2) is 0 Å². The van der Waals surface area contributed by atoms with E-state index in [-0.39, 0.29) is 5.56 Å². The number of nitrogens with zero attached hydrogens (tertiary/aromatic N) is 1. The second-order valence-corrected chi connectivity index (χ2v) is 3.09. The molecule has 12 heavy (non-hydrogen) atoms. The van der Waals surface area contributed by atoms with Crippen molar-refractivity contribution in [2.75, 3.05) is 0 Å². The molecule has 3 nitrogen and oxygen atoms in total. The molecule has 0 saturated heterocycles.